The molecule has 3 heteroatoms. The third-order valence-electron chi connectivity index (χ3n) is 5.31. The number of rotatable bonds is 4. The molecule has 0 saturated heterocycles. The molecule has 3 aliphatic carbocycles. The van der Waals surface area contributed by atoms with E-state index >= 15 is 0 Å². The van der Waals surface area contributed by atoms with Crippen molar-refractivity contribution >= 4 is 24.8 Å². The molecule has 0 aromatic heterocycles. The van der Waals surface area contributed by atoms with Crippen LogP contribution in [0, 0.1) is 5.41 Å². The van der Waals surface area contributed by atoms with Crippen LogP contribution in [-0.2, 0) is 23.2 Å². The molecule has 1 saturated carbocycles. The maximum atomic E-state index is 2.64. The largest absolute Gasteiger partial charge is 0.147 e. The van der Waals surface area contributed by atoms with Gasteiger partial charge in [-0.05, 0) is 0 Å². The van der Waals surface area contributed by atoms with Crippen molar-refractivity contribution in [1.29, 1.82) is 0 Å². The molecule has 0 aliphatic heterocycles. The fourth-order valence-corrected chi connectivity index (χ4v) is 7.04. The molecule has 0 unspecified atom stereocenters. The molecule has 0 nitrogen and oxygen atoms in total. The van der Waals surface area contributed by atoms with Crippen LogP contribution in [-0.4, -0.2) is 0 Å². The van der Waals surface area contributed by atoms with Crippen LogP contribution < -0.4 is 0 Å². The van der Waals surface area contributed by atoms with Gasteiger partial charge in [-0.3, -0.25) is 0 Å². The van der Waals surface area contributed by atoms with Gasteiger partial charge in [-0.15, -0.1) is 24.8 Å². The summed E-state index contributed by atoms with van der Waals surface area (Å²) in [6, 6.07) is 0. The molecule has 0 radical (unpaired) electrons. The zero-order chi connectivity index (χ0) is 13.8. The average Bonchev–Trinajstić information content (AvgIpc) is 3.08. The second kappa shape index (κ2) is 9.65. The topological polar surface area (TPSA) is 0 Å². The second-order valence-corrected chi connectivity index (χ2v) is 10.3. The van der Waals surface area contributed by atoms with Crippen LogP contribution in [0.15, 0.2) is 42.5 Å². The Morgan fingerprint density at radius 3 is 2.32 bits per heavy atom. The first-order chi connectivity index (χ1) is 9.82. The molecular formula is C19H28Cl2Zr. The van der Waals surface area contributed by atoms with E-state index in [0.29, 0.717) is 5.41 Å². The van der Waals surface area contributed by atoms with Crippen molar-refractivity contribution in [3.8, 4) is 0 Å². The normalized spacial score (nSPS) is 22.7. The summed E-state index contributed by atoms with van der Waals surface area (Å²) >= 11 is -0.438. The SMILES string of the molecule is CCC1(C2=CC[C]([Zr][C]3=CC=CC3)=C2)CCCCCC1.Cl.Cl. The summed E-state index contributed by atoms with van der Waals surface area (Å²) in [6.45, 7) is 2.42. The van der Waals surface area contributed by atoms with Gasteiger partial charge in [0.15, 0.2) is 0 Å². The standard InChI is InChI=1S/C14H21.C5H5.2ClH.Zr/c1-2-14(13-9-5-6-10-13)11-7-3-4-8-12-14;1-2-4-5-3-1;;;/h9-10H,2-5,7-8,11-12H2,1H3;1-3H,4H2;2*1H;. The fraction of sp³-hybridized carbons (Fsp3) is 0.579. The molecule has 22 heavy (non-hydrogen) atoms. The molecule has 3 aliphatic rings. The van der Waals surface area contributed by atoms with E-state index in [1.165, 1.54) is 57.8 Å². The van der Waals surface area contributed by atoms with Gasteiger partial charge in [0.25, 0.3) is 0 Å². The van der Waals surface area contributed by atoms with Gasteiger partial charge in [0.2, 0.25) is 0 Å². The van der Waals surface area contributed by atoms with Gasteiger partial charge in [0.05, 0.1) is 0 Å². The minimum atomic E-state index is -0.438. The van der Waals surface area contributed by atoms with Crippen LogP contribution in [0.3, 0.4) is 0 Å². The number of halogens is 2. The third-order valence-corrected chi connectivity index (χ3v) is 8.66. The molecule has 122 valence electrons. The monoisotopic (exact) mass is 416 g/mol. The molecule has 0 aromatic carbocycles. The molecule has 1 fully saturated rings. The van der Waals surface area contributed by atoms with Crippen molar-refractivity contribution in [3.63, 3.8) is 0 Å². The number of hydrogen-bond acceptors (Lipinski definition) is 0. The van der Waals surface area contributed by atoms with E-state index in [4.69, 9.17) is 0 Å². The Balaban J connectivity index is 0.00000121. The summed E-state index contributed by atoms with van der Waals surface area (Å²) < 4.78 is 3.58. The molecule has 3 rings (SSSR count). The van der Waals surface area contributed by atoms with Crippen molar-refractivity contribution in [1.82, 2.24) is 0 Å². The van der Waals surface area contributed by atoms with Crippen LogP contribution in [0.2, 0.25) is 0 Å². The maximum Gasteiger partial charge on any atom is -0.147 e. The van der Waals surface area contributed by atoms with Crippen LogP contribution >= 0.6 is 24.8 Å². The van der Waals surface area contributed by atoms with Gasteiger partial charge in [0.1, 0.15) is 0 Å². The van der Waals surface area contributed by atoms with Gasteiger partial charge in [-0.25, -0.2) is 0 Å². The second-order valence-electron chi connectivity index (χ2n) is 6.53. The fourth-order valence-electron chi connectivity index (χ4n) is 3.98. The number of allylic oxidation sites excluding steroid dienone is 8. The van der Waals surface area contributed by atoms with Gasteiger partial charge in [-0.2, -0.15) is 0 Å². The minimum Gasteiger partial charge on any atom is -0.147 e. The van der Waals surface area contributed by atoms with Crippen LogP contribution in [0.4, 0.5) is 0 Å². The van der Waals surface area contributed by atoms with Crippen molar-refractivity contribution in [2.24, 2.45) is 5.41 Å². The van der Waals surface area contributed by atoms with E-state index in [9.17, 15) is 0 Å². The van der Waals surface area contributed by atoms with Gasteiger partial charge < -0.3 is 0 Å². The van der Waals surface area contributed by atoms with Crippen LogP contribution in [0.25, 0.3) is 0 Å². The summed E-state index contributed by atoms with van der Waals surface area (Å²) in [4.78, 5) is 0. The first-order valence-corrected chi connectivity index (χ1v) is 10.8. The smallest absolute Gasteiger partial charge is 0.147 e. The minimum absolute atomic E-state index is 0. The summed E-state index contributed by atoms with van der Waals surface area (Å²) in [5, 5.41) is 0. The molecule has 0 N–H and O–H groups in total. The Morgan fingerprint density at radius 2 is 1.73 bits per heavy atom. The van der Waals surface area contributed by atoms with Crippen molar-refractivity contribution in [3.05, 3.63) is 42.5 Å². The Bertz CT molecular complexity index is 478. The van der Waals surface area contributed by atoms with E-state index < -0.39 is 23.2 Å². The van der Waals surface area contributed by atoms with E-state index in [0.717, 1.165) is 0 Å². The predicted molar refractivity (Wildman–Crippen MR) is 97.5 cm³/mol. The molecule has 0 bridgehead atoms. The summed E-state index contributed by atoms with van der Waals surface area (Å²) in [5.41, 5.74) is 2.27. The third kappa shape index (κ3) is 4.72. The predicted octanol–water partition coefficient (Wildman–Crippen LogP) is 6.72. The van der Waals surface area contributed by atoms with E-state index in [-0.39, 0.29) is 24.8 Å². The van der Waals surface area contributed by atoms with E-state index in [1.807, 2.05) is 3.28 Å². The van der Waals surface area contributed by atoms with E-state index in [1.54, 1.807) is 8.85 Å². The zero-order valence-corrected chi connectivity index (χ0v) is 17.7. The van der Waals surface area contributed by atoms with Crippen molar-refractivity contribution in [2.75, 3.05) is 0 Å². The van der Waals surface area contributed by atoms with Crippen LogP contribution in [0.1, 0.15) is 64.7 Å². The quantitative estimate of drug-likeness (QED) is 0.445. The summed E-state index contributed by atoms with van der Waals surface area (Å²) in [7, 11) is 0. The first-order valence-electron chi connectivity index (χ1n) is 8.36. The Kier molecular flexibility index (Phi) is 8.98. The average molecular weight is 419 g/mol. The van der Waals surface area contributed by atoms with Gasteiger partial charge >= 0.3 is 136 Å². The van der Waals surface area contributed by atoms with Gasteiger partial charge in [0, 0.05) is 0 Å². The summed E-state index contributed by atoms with van der Waals surface area (Å²) in [6.07, 6.45) is 24.7. The summed E-state index contributed by atoms with van der Waals surface area (Å²) in [5.74, 6) is 0. The molecular weight excluding hydrogens is 390 g/mol. The maximum absolute atomic E-state index is 2.64. The molecule has 0 spiro atoms. The molecule has 0 atom stereocenters. The van der Waals surface area contributed by atoms with Crippen molar-refractivity contribution in [2.45, 2.75) is 64.7 Å². The Hall–Kier alpha value is 0.423. The molecule has 0 aromatic rings. The Morgan fingerprint density at radius 1 is 1.00 bits per heavy atom. The number of hydrogen-bond donors (Lipinski definition) is 0. The van der Waals surface area contributed by atoms with Crippen molar-refractivity contribution < 1.29 is 23.2 Å². The zero-order valence-electron chi connectivity index (χ0n) is 13.6. The first kappa shape index (κ1) is 20.5. The van der Waals surface area contributed by atoms with Gasteiger partial charge in [-0.1, -0.05) is 0 Å². The van der Waals surface area contributed by atoms with E-state index in [2.05, 4.69) is 37.3 Å². The van der Waals surface area contributed by atoms with Crippen LogP contribution in [0.5, 0.6) is 0 Å². The Labute approximate surface area is 160 Å². The molecule has 0 heterocycles. The molecule has 0 amide bonds.